The first kappa shape index (κ1) is 18.8. The Kier molecular flexibility index (Phi) is 6.01. The highest BCUT2D eigenvalue weighted by Crippen LogP contribution is 2.34. The molecule has 1 heterocycles. The number of aromatic nitrogens is 1. The maximum Gasteiger partial charge on any atom is 0.270 e. The van der Waals surface area contributed by atoms with Crippen LogP contribution in [-0.2, 0) is 0 Å². The van der Waals surface area contributed by atoms with Gasteiger partial charge in [0.25, 0.3) is 5.69 Å². The molecule has 0 unspecified atom stereocenters. The number of nitrogens with zero attached hydrogens (tertiary/aromatic N) is 5. The number of aliphatic hydroxyl groups is 2. The van der Waals surface area contributed by atoms with Crippen LogP contribution in [0.25, 0.3) is 10.9 Å². The second-order valence-corrected chi connectivity index (χ2v) is 6.35. The third-order valence-electron chi connectivity index (χ3n) is 3.86. The minimum Gasteiger partial charge on any atom is -0.395 e. The summed E-state index contributed by atoms with van der Waals surface area (Å²) in [6, 6.07) is 11.6. The van der Waals surface area contributed by atoms with Gasteiger partial charge < -0.3 is 15.1 Å². The summed E-state index contributed by atoms with van der Waals surface area (Å²) in [5.41, 5.74) is 2.09. The fraction of sp³-hybridized carbons (Fsp3) is 0.235. The first-order valence-electron chi connectivity index (χ1n) is 8.14. The Balaban J connectivity index is 1.81. The maximum atomic E-state index is 10.9. The summed E-state index contributed by atoms with van der Waals surface area (Å²) in [6.07, 6.45) is 0. The monoisotopic (exact) mass is 387 g/mol. The van der Waals surface area contributed by atoms with E-state index in [1.54, 1.807) is 18.2 Å². The fourth-order valence-electron chi connectivity index (χ4n) is 2.55. The SMILES string of the molecule is O=[N+]([O-])c1ccc2nsc(N=Nc3ccc(N(CCO)CCO)cc3)c2c1. The van der Waals surface area contributed by atoms with Crippen LogP contribution in [0.15, 0.2) is 52.7 Å². The molecule has 0 amide bonds. The van der Waals surface area contributed by atoms with Gasteiger partial charge in [0.15, 0.2) is 5.00 Å². The van der Waals surface area contributed by atoms with Gasteiger partial charge in [-0.15, -0.1) is 10.2 Å². The molecule has 9 nitrogen and oxygen atoms in total. The second-order valence-electron chi connectivity index (χ2n) is 5.60. The smallest absolute Gasteiger partial charge is 0.270 e. The summed E-state index contributed by atoms with van der Waals surface area (Å²) in [5.74, 6) is 0. The molecular weight excluding hydrogens is 370 g/mol. The number of non-ortho nitro benzene ring substituents is 1. The van der Waals surface area contributed by atoms with Gasteiger partial charge in [-0.3, -0.25) is 10.1 Å². The van der Waals surface area contributed by atoms with Crippen LogP contribution in [0, 0.1) is 10.1 Å². The Bertz CT molecular complexity index is 952. The molecule has 0 aliphatic carbocycles. The number of nitro groups is 1. The average Bonchev–Trinajstić information content (AvgIpc) is 3.09. The molecule has 0 saturated carbocycles. The molecule has 3 rings (SSSR count). The van der Waals surface area contributed by atoms with E-state index in [-0.39, 0.29) is 18.9 Å². The maximum absolute atomic E-state index is 10.9. The molecule has 3 aromatic rings. The van der Waals surface area contributed by atoms with Crippen LogP contribution in [0.2, 0.25) is 0 Å². The molecular formula is C17H17N5O4S. The molecule has 0 fully saturated rings. The zero-order valence-electron chi connectivity index (χ0n) is 14.2. The number of fused-ring (bicyclic) bond motifs is 1. The number of rotatable bonds is 8. The van der Waals surface area contributed by atoms with Crippen LogP contribution >= 0.6 is 11.5 Å². The van der Waals surface area contributed by atoms with Gasteiger partial charge in [-0.1, -0.05) is 0 Å². The third kappa shape index (κ3) is 4.42. The van der Waals surface area contributed by atoms with E-state index in [4.69, 9.17) is 10.2 Å². The van der Waals surface area contributed by atoms with Crippen molar-refractivity contribution in [1.82, 2.24) is 4.37 Å². The zero-order valence-corrected chi connectivity index (χ0v) is 15.0. The average molecular weight is 387 g/mol. The van der Waals surface area contributed by atoms with Crippen molar-refractivity contribution in [3.8, 4) is 0 Å². The van der Waals surface area contributed by atoms with E-state index in [9.17, 15) is 10.1 Å². The molecule has 27 heavy (non-hydrogen) atoms. The topological polar surface area (TPSA) is 124 Å². The van der Waals surface area contributed by atoms with Crippen LogP contribution in [-0.4, -0.2) is 45.8 Å². The first-order valence-corrected chi connectivity index (χ1v) is 8.92. The van der Waals surface area contributed by atoms with E-state index in [1.165, 1.54) is 12.1 Å². The number of hydrogen-bond acceptors (Lipinski definition) is 9. The molecule has 0 radical (unpaired) electrons. The van der Waals surface area contributed by atoms with Gasteiger partial charge in [-0.25, -0.2) is 0 Å². The number of anilines is 1. The van der Waals surface area contributed by atoms with E-state index < -0.39 is 4.92 Å². The fourth-order valence-corrected chi connectivity index (χ4v) is 3.23. The standard InChI is InChI=1S/C17H17N5O4S/c23-9-7-21(8-10-24)13-3-1-12(2-4-13)18-19-17-15-11-14(22(25)26)5-6-16(15)20-27-17/h1-6,11,23-24H,7-10H2. The highest BCUT2D eigenvalue weighted by Gasteiger charge is 2.12. The Morgan fingerprint density at radius 2 is 1.78 bits per heavy atom. The Labute approximate surface area is 158 Å². The van der Waals surface area contributed by atoms with Gasteiger partial charge in [-0.05, 0) is 41.9 Å². The van der Waals surface area contributed by atoms with E-state index in [2.05, 4.69) is 14.6 Å². The summed E-state index contributed by atoms with van der Waals surface area (Å²) in [4.78, 5) is 12.3. The van der Waals surface area contributed by atoms with Crippen LogP contribution in [0.4, 0.5) is 22.1 Å². The van der Waals surface area contributed by atoms with Crippen LogP contribution in [0.5, 0.6) is 0 Å². The lowest BCUT2D eigenvalue weighted by Crippen LogP contribution is -2.29. The molecule has 0 bridgehead atoms. The number of benzene rings is 2. The lowest BCUT2D eigenvalue weighted by Gasteiger charge is -2.22. The Hall–Kier alpha value is -2.95. The molecule has 140 valence electrons. The van der Waals surface area contributed by atoms with Gasteiger partial charge in [0.05, 0.1) is 29.3 Å². The summed E-state index contributed by atoms with van der Waals surface area (Å²) in [7, 11) is 0. The predicted octanol–water partition coefficient (Wildman–Crippen LogP) is 3.41. The van der Waals surface area contributed by atoms with Crippen molar-refractivity contribution in [2.24, 2.45) is 10.2 Å². The van der Waals surface area contributed by atoms with Crippen molar-refractivity contribution in [3.63, 3.8) is 0 Å². The molecule has 10 heteroatoms. The minimum atomic E-state index is -0.457. The Morgan fingerprint density at radius 1 is 1.07 bits per heavy atom. The van der Waals surface area contributed by atoms with E-state index in [0.29, 0.717) is 34.7 Å². The lowest BCUT2D eigenvalue weighted by atomic mass is 10.2. The van der Waals surface area contributed by atoms with Gasteiger partial charge >= 0.3 is 0 Å². The molecule has 2 aromatic carbocycles. The van der Waals surface area contributed by atoms with Crippen molar-refractivity contribution in [2.75, 3.05) is 31.2 Å². The number of hydrogen-bond donors (Lipinski definition) is 2. The molecule has 1 aromatic heterocycles. The molecule has 0 aliphatic rings. The quantitative estimate of drug-likeness (QED) is 0.347. The molecule has 0 spiro atoms. The molecule has 0 atom stereocenters. The number of nitro benzene ring substituents is 1. The predicted molar refractivity (Wildman–Crippen MR) is 103 cm³/mol. The van der Waals surface area contributed by atoms with Crippen LogP contribution < -0.4 is 4.90 Å². The normalized spacial score (nSPS) is 11.3. The molecule has 0 aliphatic heterocycles. The van der Waals surface area contributed by atoms with Crippen molar-refractivity contribution in [1.29, 1.82) is 0 Å². The largest absolute Gasteiger partial charge is 0.395 e. The van der Waals surface area contributed by atoms with E-state index in [1.807, 2.05) is 17.0 Å². The second kappa shape index (κ2) is 8.62. The summed E-state index contributed by atoms with van der Waals surface area (Å²) < 4.78 is 4.22. The van der Waals surface area contributed by atoms with Gasteiger partial charge in [-0.2, -0.15) is 4.37 Å². The zero-order chi connectivity index (χ0) is 19.2. The van der Waals surface area contributed by atoms with Gasteiger partial charge in [0.2, 0.25) is 0 Å². The Morgan fingerprint density at radius 3 is 2.41 bits per heavy atom. The minimum absolute atomic E-state index is 0.00789. The summed E-state index contributed by atoms with van der Waals surface area (Å²) in [6.45, 7) is 0.832. The lowest BCUT2D eigenvalue weighted by molar-refractivity contribution is -0.384. The first-order chi connectivity index (χ1) is 13.1. The van der Waals surface area contributed by atoms with E-state index >= 15 is 0 Å². The third-order valence-corrected chi connectivity index (χ3v) is 4.63. The van der Waals surface area contributed by atoms with Crippen molar-refractivity contribution in [2.45, 2.75) is 0 Å². The highest BCUT2D eigenvalue weighted by atomic mass is 32.1. The van der Waals surface area contributed by atoms with Crippen LogP contribution in [0.1, 0.15) is 0 Å². The van der Waals surface area contributed by atoms with Crippen molar-refractivity contribution in [3.05, 3.63) is 52.6 Å². The van der Waals surface area contributed by atoms with Crippen molar-refractivity contribution >= 4 is 44.5 Å². The summed E-state index contributed by atoms with van der Waals surface area (Å²) in [5, 5.41) is 38.6. The van der Waals surface area contributed by atoms with E-state index in [0.717, 1.165) is 17.2 Å². The molecule has 2 N–H and O–H groups in total. The highest BCUT2D eigenvalue weighted by molar-refractivity contribution is 7.11. The van der Waals surface area contributed by atoms with Gasteiger partial charge in [0, 0.05) is 36.3 Å². The van der Waals surface area contributed by atoms with Crippen molar-refractivity contribution < 1.29 is 15.1 Å². The number of azo groups is 1. The molecule has 0 saturated heterocycles. The number of aliphatic hydroxyl groups excluding tert-OH is 2. The van der Waals surface area contributed by atoms with Gasteiger partial charge in [0.1, 0.15) is 0 Å². The summed E-state index contributed by atoms with van der Waals surface area (Å²) >= 11 is 1.13. The van der Waals surface area contributed by atoms with Crippen LogP contribution in [0.3, 0.4) is 0 Å².